The fourth-order valence-corrected chi connectivity index (χ4v) is 3.10. The van der Waals surface area contributed by atoms with Crippen LogP contribution in [-0.2, 0) is 5.75 Å². The zero-order valence-corrected chi connectivity index (χ0v) is 12.6. The van der Waals surface area contributed by atoms with Crippen LogP contribution in [-0.4, -0.2) is 24.6 Å². The minimum absolute atomic E-state index is 0.239. The fraction of sp³-hybridized carbons (Fsp3) is 0.0667. The average molecular weight is 322 g/mol. The minimum Gasteiger partial charge on any atom is -0.333 e. The molecule has 0 saturated heterocycles. The molecule has 0 unspecified atom stereocenters. The van der Waals surface area contributed by atoms with E-state index in [0.717, 1.165) is 16.2 Å². The first-order valence-electron chi connectivity index (χ1n) is 6.82. The number of nitrogens with one attached hydrogen (secondary N) is 2. The number of nitriles is 1. The quantitative estimate of drug-likeness (QED) is 0.562. The largest absolute Gasteiger partial charge is 0.333 e. The fourth-order valence-electron chi connectivity index (χ4n) is 2.33. The van der Waals surface area contributed by atoms with Gasteiger partial charge in [0.25, 0.3) is 5.56 Å². The predicted molar refractivity (Wildman–Crippen MR) is 86.2 cm³/mol. The number of benzene rings is 1. The van der Waals surface area contributed by atoms with Gasteiger partial charge in [-0.1, -0.05) is 23.9 Å². The highest BCUT2D eigenvalue weighted by atomic mass is 32.2. The van der Waals surface area contributed by atoms with E-state index >= 15 is 0 Å². The lowest BCUT2D eigenvalue weighted by Crippen LogP contribution is -2.15. The van der Waals surface area contributed by atoms with Gasteiger partial charge in [0, 0.05) is 18.0 Å². The molecule has 112 valence electrons. The molecular formula is C15H10N6OS. The van der Waals surface area contributed by atoms with Gasteiger partial charge in [0.1, 0.15) is 11.6 Å². The summed E-state index contributed by atoms with van der Waals surface area (Å²) in [5.74, 6) is 0.488. The monoisotopic (exact) mass is 322 g/mol. The molecule has 0 amide bonds. The molecule has 0 aliphatic rings. The second-order valence-corrected chi connectivity index (χ2v) is 5.86. The summed E-state index contributed by atoms with van der Waals surface area (Å²) in [7, 11) is 0. The van der Waals surface area contributed by atoms with Gasteiger partial charge in [-0.15, -0.1) is 0 Å². The molecule has 3 heterocycles. The molecule has 4 rings (SSSR count). The first-order valence-corrected chi connectivity index (χ1v) is 7.81. The number of nitrogens with zero attached hydrogens (tertiary/aromatic N) is 4. The van der Waals surface area contributed by atoms with Crippen LogP contribution in [0.1, 0.15) is 11.3 Å². The van der Waals surface area contributed by atoms with Crippen molar-refractivity contribution in [3.8, 4) is 6.07 Å². The third-order valence-corrected chi connectivity index (χ3v) is 4.30. The summed E-state index contributed by atoms with van der Waals surface area (Å²) in [6.07, 6.45) is 1.47. The Kier molecular flexibility index (Phi) is 3.13. The molecule has 3 aromatic heterocycles. The average Bonchev–Trinajstić information content (AvgIpc) is 3.16. The van der Waals surface area contributed by atoms with Gasteiger partial charge in [-0.25, -0.2) is 14.5 Å². The Bertz CT molecular complexity index is 1080. The van der Waals surface area contributed by atoms with E-state index < -0.39 is 0 Å². The lowest BCUT2D eigenvalue weighted by Gasteiger charge is -1.99. The number of aromatic nitrogens is 5. The molecule has 0 atom stereocenters. The highest BCUT2D eigenvalue weighted by Gasteiger charge is 2.10. The Morgan fingerprint density at radius 1 is 1.30 bits per heavy atom. The SMILES string of the molecule is N#Cc1c[nH]n2c(=O)cc(CSc3nc4ccccc4[nH]3)nc12. The van der Waals surface area contributed by atoms with Gasteiger partial charge in [-0.05, 0) is 12.1 Å². The Morgan fingerprint density at radius 2 is 2.17 bits per heavy atom. The van der Waals surface area contributed by atoms with Gasteiger partial charge in [-0.2, -0.15) is 5.26 Å². The summed E-state index contributed by atoms with van der Waals surface area (Å²) in [6.45, 7) is 0. The van der Waals surface area contributed by atoms with Crippen LogP contribution in [0.3, 0.4) is 0 Å². The van der Waals surface area contributed by atoms with Crippen LogP contribution in [0, 0.1) is 11.3 Å². The summed E-state index contributed by atoms with van der Waals surface area (Å²) in [5.41, 5.74) is 2.93. The van der Waals surface area contributed by atoms with E-state index in [1.165, 1.54) is 28.5 Å². The first kappa shape index (κ1) is 13.6. The summed E-state index contributed by atoms with van der Waals surface area (Å²) >= 11 is 1.46. The summed E-state index contributed by atoms with van der Waals surface area (Å²) < 4.78 is 1.26. The molecule has 0 aliphatic heterocycles. The van der Waals surface area contributed by atoms with E-state index in [1.54, 1.807) is 0 Å². The van der Waals surface area contributed by atoms with Crippen LogP contribution in [0.4, 0.5) is 0 Å². The summed E-state index contributed by atoms with van der Waals surface area (Å²) in [6, 6.07) is 11.3. The number of H-pyrrole nitrogens is 2. The number of rotatable bonds is 3. The van der Waals surface area contributed by atoms with Crippen molar-refractivity contribution in [2.45, 2.75) is 10.9 Å². The number of hydrogen-bond donors (Lipinski definition) is 2. The molecule has 0 fully saturated rings. The Hall–Kier alpha value is -3.05. The van der Waals surface area contributed by atoms with E-state index in [9.17, 15) is 4.79 Å². The maximum Gasteiger partial charge on any atom is 0.272 e. The molecule has 23 heavy (non-hydrogen) atoms. The molecule has 2 N–H and O–H groups in total. The van der Waals surface area contributed by atoms with Crippen LogP contribution in [0.15, 0.2) is 46.5 Å². The number of para-hydroxylation sites is 2. The number of imidazole rings is 1. The van der Waals surface area contributed by atoms with Crippen LogP contribution in [0.5, 0.6) is 0 Å². The van der Waals surface area contributed by atoms with E-state index in [-0.39, 0.29) is 5.56 Å². The summed E-state index contributed by atoms with van der Waals surface area (Å²) in [4.78, 5) is 24.1. The molecule has 0 aliphatic carbocycles. The third-order valence-electron chi connectivity index (χ3n) is 3.40. The van der Waals surface area contributed by atoms with Crippen molar-refractivity contribution in [1.82, 2.24) is 24.6 Å². The number of hydrogen-bond acceptors (Lipinski definition) is 5. The maximum atomic E-state index is 12.0. The van der Waals surface area contributed by atoms with Crippen LogP contribution >= 0.6 is 11.8 Å². The van der Waals surface area contributed by atoms with E-state index in [4.69, 9.17) is 5.26 Å². The van der Waals surface area contributed by atoms with Crippen molar-refractivity contribution < 1.29 is 0 Å². The molecule has 7 nitrogen and oxygen atoms in total. The Morgan fingerprint density at radius 3 is 3.00 bits per heavy atom. The lowest BCUT2D eigenvalue weighted by atomic mass is 10.3. The van der Waals surface area contributed by atoms with Gasteiger partial charge in [-0.3, -0.25) is 9.89 Å². The van der Waals surface area contributed by atoms with Gasteiger partial charge in [0.05, 0.1) is 16.7 Å². The lowest BCUT2D eigenvalue weighted by molar-refractivity contribution is 0.888. The van der Waals surface area contributed by atoms with Crippen molar-refractivity contribution in [3.05, 3.63) is 58.1 Å². The molecule has 8 heteroatoms. The van der Waals surface area contributed by atoms with Crippen LogP contribution in [0.2, 0.25) is 0 Å². The van der Waals surface area contributed by atoms with Crippen molar-refractivity contribution >= 4 is 28.4 Å². The van der Waals surface area contributed by atoms with Gasteiger partial charge < -0.3 is 4.98 Å². The first-order chi connectivity index (χ1) is 11.2. The predicted octanol–water partition coefficient (Wildman–Crippen LogP) is 2.06. The van der Waals surface area contributed by atoms with E-state index in [2.05, 4.69) is 20.1 Å². The highest BCUT2D eigenvalue weighted by molar-refractivity contribution is 7.98. The molecule has 1 aromatic carbocycles. The van der Waals surface area contributed by atoms with Crippen LogP contribution in [0.25, 0.3) is 16.7 Å². The smallest absolute Gasteiger partial charge is 0.272 e. The van der Waals surface area contributed by atoms with Crippen molar-refractivity contribution in [2.75, 3.05) is 0 Å². The molecule has 0 radical (unpaired) electrons. The van der Waals surface area contributed by atoms with Crippen molar-refractivity contribution in [1.29, 1.82) is 5.26 Å². The minimum atomic E-state index is -0.239. The highest BCUT2D eigenvalue weighted by Crippen LogP contribution is 2.22. The third kappa shape index (κ3) is 2.37. The molecule has 0 spiro atoms. The van der Waals surface area contributed by atoms with E-state index in [1.807, 2.05) is 30.3 Å². The topological polar surface area (TPSA) is 103 Å². The van der Waals surface area contributed by atoms with Crippen LogP contribution < -0.4 is 5.56 Å². The normalized spacial score (nSPS) is 11.1. The van der Waals surface area contributed by atoms with E-state index in [0.29, 0.717) is 22.7 Å². The Balaban J connectivity index is 1.65. The summed E-state index contributed by atoms with van der Waals surface area (Å²) in [5, 5.41) is 12.5. The number of thioether (sulfide) groups is 1. The number of fused-ring (bicyclic) bond motifs is 2. The molecule has 4 aromatic rings. The van der Waals surface area contributed by atoms with Crippen molar-refractivity contribution in [2.24, 2.45) is 0 Å². The van der Waals surface area contributed by atoms with Crippen molar-refractivity contribution in [3.63, 3.8) is 0 Å². The molecular weight excluding hydrogens is 312 g/mol. The standard InChI is InChI=1S/C15H10N6OS/c16-6-9-7-17-21-13(22)5-10(18-14(9)21)8-23-15-19-11-3-1-2-4-12(11)20-15/h1-5,7,17H,8H2,(H,19,20). The second-order valence-electron chi connectivity index (χ2n) is 4.89. The van der Waals surface area contributed by atoms with Gasteiger partial charge in [0.2, 0.25) is 0 Å². The maximum absolute atomic E-state index is 12.0. The molecule has 0 bridgehead atoms. The van der Waals surface area contributed by atoms with Gasteiger partial charge in [0.15, 0.2) is 10.8 Å². The second kappa shape index (κ2) is 5.30. The zero-order valence-electron chi connectivity index (χ0n) is 11.8. The Labute approximate surface area is 134 Å². The van der Waals surface area contributed by atoms with Gasteiger partial charge >= 0.3 is 0 Å². The zero-order chi connectivity index (χ0) is 15.8. The molecule has 0 saturated carbocycles. The number of aromatic amines is 2.